The highest BCUT2D eigenvalue weighted by Gasteiger charge is 1.67. The van der Waals surface area contributed by atoms with Gasteiger partial charge in [0, 0.05) is 0 Å². The molecule has 0 N–H and O–H groups in total. The van der Waals surface area contributed by atoms with Gasteiger partial charge in [0.2, 0.25) is 0 Å². The summed E-state index contributed by atoms with van der Waals surface area (Å²) in [5.74, 6) is 0. The number of rotatable bonds is 2. The van der Waals surface area contributed by atoms with Crippen molar-refractivity contribution in [2.45, 2.75) is 74.7 Å². The average Bonchev–Trinajstić information content (AvgIpc) is 2.35. The molecule has 0 aliphatic carbocycles. The molecule has 0 fully saturated rings. The van der Waals surface area contributed by atoms with Crippen LogP contribution >= 0.6 is 0 Å². The maximum atomic E-state index is 3.67. The van der Waals surface area contributed by atoms with Gasteiger partial charge in [-0.2, -0.15) is 0 Å². The van der Waals surface area contributed by atoms with Crippen LogP contribution in [0.25, 0.3) is 0 Å². The van der Waals surface area contributed by atoms with Gasteiger partial charge < -0.3 is 0 Å². The molecular weight excluding hydrogens is 192 g/mol. The van der Waals surface area contributed by atoms with Crippen molar-refractivity contribution in [2.24, 2.45) is 0 Å². The van der Waals surface area contributed by atoms with Gasteiger partial charge in [-0.25, -0.2) is 0 Å². The third-order valence-electron chi connectivity index (χ3n) is 1.10. The molecule has 16 heavy (non-hydrogen) atoms. The summed E-state index contributed by atoms with van der Waals surface area (Å²) in [5.41, 5.74) is 3.50. The Bertz CT molecular complexity index is 101. The molecule has 0 aromatic heterocycles. The first kappa shape index (κ1) is 29.5. The highest BCUT2D eigenvalue weighted by molar-refractivity contribution is 4.84. The van der Waals surface area contributed by atoms with Gasteiger partial charge in [0.05, 0.1) is 0 Å². The van der Waals surface area contributed by atoms with Crippen molar-refractivity contribution in [3.63, 3.8) is 0 Å². The fourth-order valence-corrected chi connectivity index (χ4v) is 0. The van der Waals surface area contributed by atoms with Crippen molar-refractivity contribution in [2.75, 3.05) is 0 Å². The molecule has 0 saturated heterocycles. The third-order valence-corrected chi connectivity index (χ3v) is 1.10. The highest BCUT2D eigenvalue weighted by Crippen LogP contribution is 1.88. The van der Waals surface area contributed by atoms with E-state index >= 15 is 0 Å². The van der Waals surface area contributed by atoms with Crippen LogP contribution in [0.2, 0.25) is 0 Å². The quantitative estimate of drug-likeness (QED) is 0.360. The molecule has 0 heterocycles. The molecule has 0 atom stereocenters. The molecule has 0 nitrogen and oxygen atoms in total. The minimum absolute atomic E-state index is 1.11. The minimum atomic E-state index is 1.11. The molecule has 0 unspecified atom stereocenters. The lowest BCUT2D eigenvalue weighted by molar-refractivity contribution is 0.886. The van der Waals surface area contributed by atoms with Gasteiger partial charge >= 0.3 is 0 Å². The molecule has 0 radical (unpaired) electrons. The molecule has 0 aromatic rings. The van der Waals surface area contributed by atoms with Crippen molar-refractivity contribution >= 4 is 0 Å². The van der Waals surface area contributed by atoms with E-state index in [1.165, 1.54) is 18.4 Å². The van der Waals surface area contributed by atoms with Crippen LogP contribution in [0.5, 0.6) is 0 Å². The summed E-state index contributed by atoms with van der Waals surface area (Å²) in [6.07, 6.45) is 3.75. The van der Waals surface area contributed by atoms with Crippen LogP contribution < -0.4 is 0 Å². The summed E-state index contributed by atoms with van der Waals surface area (Å²) >= 11 is 0. The SMILES string of the molecule is C=C(C)CC.C=C=C.CC.CC.CCCC. The lowest BCUT2D eigenvalue weighted by atomic mass is 10.3. The standard InChI is InChI=1S/C5H10.C4H10.C3H4.2C2H6/c1-4-5(2)3;1-3-4-2;1-3-2;2*1-2/h2,4H2,1,3H3;3-4H2,1-2H3;1-2H2;2*1-2H3. The van der Waals surface area contributed by atoms with Crippen LogP contribution in [0.3, 0.4) is 0 Å². The van der Waals surface area contributed by atoms with Gasteiger partial charge in [0.1, 0.15) is 0 Å². The lowest BCUT2D eigenvalue weighted by Gasteiger charge is -1.79. The molecule has 0 heteroatoms. The van der Waals surface area contributed by atoms with E-state index < -0.39 is 0 Å². The van der Waals surface area contributed by atoms with E-state index in [-0.39, 0.29) is 0 Å². The second kappa shape index (κ2) is 64.0. The van der Waals surface area contributed by atoms with Crippen molar-refractivity contribution < 1.29 is 0 Å². The number of allylic oxidation sites excluding steroid dienone is 1. The molecule has 100 valence electrons. The fourth-order valence-electron chi connectivity index (χ4n) is 0. The van der Waals surface area contributed by atoms with Crippen molar-refractivity contribution in [3.8, 4) is 0 Å². The Balaban J connectivity index is -0.0000000334. The Morgan fingerprint density at radius 2 is 1.00 bits per heavy atom. The lowest BCUT2D eigenvalue weighted by Crippen LogP contribution is -1.58. The monoisotopic (exact) mass is 228 g/mol. The molecule has 0 aliphatic rings. The van der Waals surface area contributed by atoms with Crippen molar-refractivity contribution in [1.82, 2.24) is 0 Å². The Morgan fingerprint density at radius 3 is 1.00 bits per heavy atom. The second-order valence-electron chi connectivity index (χ2n) is 2.56. The van der Waals surface area contributed by atoms with Crippen molar-refractivity contribution in [1.29, 1.82) is 0 Å². The smallest absolute Gasteiger partial charge is 0.0354 e. The number of hydrogen-bond donors (Lipinski definition) is 0. The molecule has 0 spiro atoms. The fraction of sp³-hybridized carbons (Fsp3) is 0.688. The summed E-state index contributed by atoms with van der Waals surface area (Å²) < 4.78 is 0. The Hall–Kier alpha value is -0.740. The van der Waals surface area contributed by atoms with Gasteiger partial charge in [-0.15, -0.1) is 12.3 Å². The summed E-state index contributed by atoms with van der Waals surface area (Å²) in [5, 5.41) is 0. The number of unbranched alkanes of at least 4 members (excludes halogenated alkanes) is 1. The largest absolute Gasteiger partial charge is 0.137 e. The first-order valence-corrected chi connectivity index (χ1v) is 6.54. The summed E-state index contributed by atoms with van der Waals surface area (Å²) in [6.45, 7) is 26.4. The zero-order valence-corrected chi connectivity index (χ0v) is 13.2. The maximum Gasteiger partial charge on any atom is -0.0354 e. The first-order chi connectivity index (χ1) is 7.60. The van der Waals surface area contributed by atoms with Gasteiger partial charge in [0.25, 0.3) is 0 Å². The van der Waals surface area contributed by atoms with Crippen LogP contribution in [0.15, 0.2) is 31.0 Å². The van der Waals surface area contributed by atoms with E-state index in [4.69, 9.17) is 0 Å². The summed E-state index contributed by atoms with van der Waals surface area (Å²) in [6, 6.07) is 0. The highest BCUT2D eigenvalue weighted by atomic mass is 13.7. The molecule has 0 aliphatic heterocycles. The normalized spacial score (nSPS) is 5.50. The van der Waals surface area contributed by atoms with Gasteiger partial charge in [-0.3, -0.25) is 0 Å². The van der Waals surface area contributed by atoms with E-state index in [0.29, 0.717) is 0 Å². The van der Waals surface area contributed by atoms with Gasteiger partial charge in [-0.1, -0.05) is 80.0 Å². The van der Waals surface area contributed by atoms with Crippen LogP contribution in [-0.2, 0) is 0 Å². The van der Waals surface area contributed by atoms with E-state index in [0.717, 1.165) is 6.42 Å². The maximum absolute atomic E-state index is 3.67. The first-order valence-electron chi connectivity index (χ1n) is 6.54. The zero-order chi connectivity index (χ0) is 14.4. The Kier molecular flexibility index (Phi) is 118. The molecule has 0 saturated carbocycles. The predicted molar refractivity (Wildman–Crippen MR) is 83.2 cm³/mol. The molecule has 0 bridgehead atoms. The topological polar surface area (TPSA) is 0 Å². The van der Waals surface area contributed by atoms with Crippen molar-refractivity contribution in [3.05, 3.63) is 31.0 Å². The number of hydrogen-bond acceptors (Lipinski definition) is 0. The van der Waals surface area contributed by atoms with Crippen LogP contribution in [0, 0.1) is 0 Å². The molecule has 0 amide bonds. The van der Waals surface area contributed by atoms with Crippen LogP contribution in [0.1, 0.15) is 74.7 Å². The molecule has 0 rings (SSSR count). The zero-order valence-electron chi connectivity index (χ0n) is 13.2. The van der Waals surface area contributed by atoms with Gasteiger partial charge in [0.15, 0.2) is 0 Å². The average molecular weight is 228 g/mol. The van der Waals surface area contributed by atoms with E-state index in [1.807, 2.05) is 34.6 Å². The van der Waals surface area contributed by atoms with E-state index in [9.17, 15) is 0 Å². The summed E-state index contributed by atoms with van der Waals surface area (Å²) in [4.78, 5) is 0. The van der Waals surface area contributed by atoms with Crippen LogP contribution in [-0.4, -0.2) is 0 Å². The van der Waals surface area contributed by atoms with Crippen LogP contribution in [0.4, 0.5) is 0 Å². The summed E-state index contributed by atoms with van der Waals surface area (Å²) in [7, 11) is 0. The predicted octanol–water partition coefficient (Wildman–Crippen LogP) is 6.79. The second-order valence-corrected chi connectivity index (χ2v) is 2.56. The Labute approximate surface area is 106 Å². The van der Waals surface area contributed by atoms with Gasteiger partial charge in [-0.05, 0) is 13.3 Å². The molecular formula is C16H36. The Morgan fingerprint density at radius 1 is 0.875 bits per heavy atom. The molecule has 0 aromatic carbocycles. The van der Waals surface area contributed by atoms with E-state index in [1.54, 1.807) is 0 Å². The third kappa shape index (κ3) is 390. The van der Waals surface area contributed by atoms with E-state index in [2.05, 4.69) is 46.2 Å². The minimum Gasteiger partial charge on any atom is -0.137 e.